The summed E-state index contributed by atoms with van der Waals surface area (Å²) in [6.45, 7) is 3.46. The van der Waals surface area contributed by atoms with Crippen molar-refractivity contribution in [1.82, 2.24) is 9.78 Å². The van der Waals surface area contributed by atoms with Crippen LogP contribution in [0.3, 0.4) is 0 Å². The number of nitrogens with one attached hydrogen (secondary N) is 1. The molecule has 0 aliphatic heterocycles. The summed E-state index contributed by atoms with van der Waals surface area (Å²) in [5, 5.41) is 4.15. The van der Waals surface area contributed by atoms with Gasteiger partial charge in [-0.1, -0.05) is 0 Å². The van der Waals surface area contributed by atoms with Gasteiger partial charge >= 0.3 is 0 Å². The van der Waals surface area contributed by atoms with Crippen LogP contribution in [0.1, 0.15) is 11.4 Å². The molecule has 0 spiro atoms. The monoisotopic (exact) mass is 343 g/mol. The van der Waals surface area contributed by atoms with Crippen molar-refractivity contribution in [3.8, 4) is 0 Å². The summed E-state index contributed by atoms with van der Waals surface area (Å²) in [4.78, 5) is 0.0581. The molecular weight excluding hydrogens is 326 g/mol. The molecule has 1 aromatic heterocycles. The third-order valence-electron chi connectivity index (χ3n) is 3.31. The standard InChI is InChI=1S/C13H17N3O4S2/c1-9-13(10(2)16(3)14-9)15-22(19,20)12-7-5-11(6-8-12)21(4,17)18/h5-8,15H,1-4H3. The van der Waals surface area contributed by atoms with Crippen LogP contribution >= 0.6 is 0 Å². The number of anilines is 1. The minimum absolute atomic E-state index is 0.0115. The molecule has 0 saturated carbocycles. The van der Waals surface area contributed by atoms with Gasteiger partial charge in [-0.05, 0) is 38.1 Å². The molecule has 0 radical (unpaired) electrons. The summed E-state index contributed by atoms with van der Waals surface area (Å²) in [5.74, 6) is 0. The quantitative estimate of drug-likeness (QED) is 0.900. The molecule has 1 N–H and O–H groups in total. The molecule has 9 heteroatoms. The minimum Gasteiger partial charge on any atom is -0.276 e. The van der Waals surface area contributed by atoms with Crippen LogP contribution in [0, 0.1) is 13.8 Å². The molecule has 22 heavy (non-hydrogen) atoms. The predicted octanol–water partition coefficient (Wildman–Crippen LogP) is 1.24. The largest absolute Gasteiger partial charge is 0.276 e. The molecule has 7 nitrogen and oxygen atoms in total. The zero-order valence-corrected chi connectivity index (χ0v) is 14.3. The van der Waals surface area contributed by atoms with Gasteiger partial charge in [-0.3, -0.25) is 9.40 Å². The molecule has 0 aliphatic rings. The molecular formula is C13H17N3O4S2. The van der Waals surface area contributed by atoms with Crippen molar-refractivity contribution < 1.29 is 16.8 Å². The van der Waals surface area contributed by atoms with Crippen LogP contribution in [0.4, 0.5) is 5.69 Å². The maximum atomic E-state index is 12.4. The zero-order chi connectivity index (χ0) is 16.7. The predicted molar refractivity (Wildman–Crippen MR) is 83.0 cm³/mol. The summed E-state index contributed by atoms with van der Waals surface area (Å²) >= 11 is 0. The Morgan fingerprint density at radius 2 is 1.50 bits per heavy atom. The number of aryl methyl sites for hydroxylation is 2. The van der Waals surface area contributed by atoms with Gasteiger partial charge in [0.2, 0.25) is 0 Å². The minimum atomic E-state index is -3.81. The smallest absolute Gasteiger partial charge is 0.262 e. The second kappa shape index (κ2) is 5.40. The first-order chi connectivity index (χ1) is 10.0. The molecule has 0 atom stereocenters. The van der Waals surface area contributed by atoms with Crippen molar-refractivity contribution in [3.63, 3.8) is 0 Å². The number of nitrogens with zero attached hydrogens (tertiary/aromatic N) is 2. The van der Waals surface area contributed by atoms with Crippen molar-refractivity contribution in [2.75, 3.05) is 11.0 Å². The van der Waals surface area contributed by atoms with Crippen molar-refractivity contribution in [1.29, 1.82) is 0 Å². The summed E-state index contributed by atoms with van der Waals surface area (Å²) in [6.07, 6.45) is 1.07. The number of sulfonamides is 1. The number of aromatic nitrogens is 2. The fourth-order valence-electron chi connectivity index (χ4n) is 1.98. The third kappa shape index (κ3) is 3.14. The fourth-order valence-corrected chi connectivity index (χ4v) is 3.79. The molecule has 0 aliphatic carbocycles. The van der Waals surface area contributed by atoms with Crippen LogP contribution < -0.4 is 4.72 Å². The summed E-state index contributed by atoms with van der Waals surface area (Å²) in [7, 11) is -5.44. The Balaban J connectivity index is 2.39. The highest BCUT2D eigenvalue weighted by Crippen LogP contribution is 2.23. The van der Waals surface area contributed by atoms with E-state index in [4.69, 9.17) is 0 Å². The van der Waals surface area contributed by atoms with Crippen molar-refractivity contribution in [2.24, 2.45) is 7.05 Å². The van der Waals surface area contributed by atoms with E-state index in [-0.39, 0.29) is 9.79 Å². The first-order valence-corrected chi connectivity index (χ1v) is 9.73. The molecule has 0 saturated heterocycles. The highest BCUT2D eigenvalue weighted by molar-refractivity contribution is 7.92. The molecule has 0 fully saturated rings. The van der Waals surface area contributed by atoms with E-state index in [1.165, 1.54) is 24.3 Å². The molecule has 1 heterocycles. The first-order valence-electron chi connectivity index (χ1n) is 6.35. The highest BCUT2D eigenvalue weighted by Gasteiger charge is 2.19. The average molecular weight is 343 g/mol. The van der Waals surface area contributed by atoms with Crippen molar-refractivity contribution in [3.05, 3.63) is 35.7 Å². The summed E-state index contributed by atoms with van der Waals surface area (Å²) < 4.78 is 51.6. The van der Waals surface area contributed by atoms with Crippen LogP contribution in [0.2, 0.25) is 0 Å². The molecule has 1 aromatic carbocycles. The summed E-state index contributed by atoms with van der Waals surface area (Å²) in [5.41, 5.74) is 1.68. The van der Waals surface area contributed by atoms with Gasteiger partial charge in [0.1, 0.15) is 0 Å². The topological polar surface area (TPSA) is 98.1 Å². The van der Waals surface area contributed by atoms with Gasteiger partial charge in [-0.2, -0.15) is 5.10 Å². The Bertz CT molecular complexity index is 911. The van der Waals surface area contributed by atoms with E-state index < -0.39 is 19.9 Å². The average Bonchev–Trinajstić information content (AvgIpc) is 2.64. The molecule has 0 bridgehead atoms. The Hall–Kier alpha value is -1.87. The van der Waals surface area contributed by atoms with Gasteiger partial charge in [0.05, 0.1) is 26.9 Å². The lowest BCUT2D eigenvalue weighted by molar-refractivity contribution is 0.597. The van der Waals surface area contributed by atoms with Gasteiger partial charge < -0.3 is 0 Å². The van der Waals surface area contributed by atoms with Crippen LogP contribution in [0.25, 0.3) is 0 Å². The van der Waals surface area contributed by atoms with Crippen LogP contribution in [-0.4, -0.2) is 32.9 Å². The summed E-state index contributed by atoms with van der Waals surface area (Å²) in [6, 6.07) is 5.07. The first kappa shape index (κ1) is 16.5. The van der Waals surface area contributed by atoms with Crippen molar-refractivity contribution in [2.45, 2.75) is 23.6 Å². The van der Waals surface area contributed by atoms with Gasteiger partial charge in [0, 0.05) is 13.3 Å². The number of benzene rings is 1. The molecule has 0 unspecified atom stereocenters. The normalized spacial score (nSPS) is 12.4. The Morgan fingerprint density at radius 1 is 1.00 bits per heavy atom. The maximum Gasteiger partial charge on any atom is 0.262 e. The van der Waals surface area contributed by atoms with Crippen LogP contribution in [0.5, 0.6) is 0 Å². The lowest BCUT2D eigenvalue weighted by Gasteiger charge is -2.09. The molecule has 2 aromatic rings. The third-order valence-corrected chi connectivity index (χ3v) is 5.80. The van der Waals surface area contributed by atoms with Gasteiger partial charge in [-0.15, -0.1) is 0 Å². The van der Waals surface area contributed by atoms with Crippen molar-refractivity contribution >= 4 is 25.5 Å². The second-order valence-corrected chi connectivity index (χ2v) is 8.72. The molecule has 0 amide bonds. The van der Waals surface area contributed by atoms with E-state index in [0.29, 0.717) is 17.1 Å². The van der Waals surface area contributed by atoms with Crippen LogP contribution in [0.15, 0.2) is 34.1 Å². The lowest BCUT2D eigenvalue weighted by atomic mass is 10.3. The van der Waals surface area contributed by atoms with E-state index in [2.05, 4.69) is 9.82 Å². The Kier molecular flexibility index (Phi) is 4.05. The van der Waals surface area contributed by atoms with Crippen LogP contribution in [-0.2, 0) is 26.9 Å². The maximum absolute atomic E-state index is 12.4. The number of rotatable bonds is 4. The van der Waals surface area contributed by atoms with Gasteiger partial charge in [-0.25, -0.2) is 16.8 Å². The van der Waals surface area contributed by atoms with E-state index in [9.17, 15) is 16.8 Å². The Labute approximate surface area is 129 Å². The highest BCUT2D eigenvalue weighted by atomic mass is 32.2. The SMILES string of the molecule is Cc1nn(C)c(C)c1NS(=O)(=O)c1ccc(S(C)(=O)=O)cc1. The van der Waals surface area contributed by atoms with E-state index in [0.717, 1.165) is 6.26 Å². The molecule has 120 valence electrons. The zero-order valence-electron chi connectivity index (χ0n) is 12.7. The number of sulfone groups is 1. The second-order valence-electron chi connectivity index (χ2n) is 5.02. The fraction of sp³-hybridized carbons (Fsp3) is 0.308. The number of hydrogen-bond acceptors (Lipinski definition) is 5. The van der Waals surface area contributed by atoms with Gasteiger partial charge in [0.25, 0.3) is 10.0 Å². The van der Waals surface area contributed by atoms with E-state index in [1.54, 1.807) is 25.6 Å². The lowest BCUT2D eigenvalue weighted by Crippen LogP contribution is -2.14. The van der Waals surface area contributed by atoms with E-state index in [1.807, 2.05) is 0 Å². The van der Waals surface area contributed by atoms with Gasteiger partial charge in [0.15, 0.2) is 9.84 Å². The van der Waals surface area contributed by atoms with E-state index >= 15 is 0 Å². The molecule has 2 rings (SSSR count). The Morgan fingerprint density at radius 3 is 1.91 bits per heavy atom. The number of hydrogen-bond donors (Lipinski definition) is 1.